The molecule has 0 aliphatic heterocycles. The van der Waals surface area contributed by atoms with Crippen molar-refractivity contribution in [2.24, 2.45) is 17.8 Å². The van der Waals surface area contributed by atoms with E-state index in [1.165, 1.54) is 33.5 Å². The third kappa shape index (κ3) is 10.0. The number of aliphatic hydroxyl groups is 1. The second kappa shape index (κ2) is 17.9. The minimum Gasteiger partial charge on any atom is -0.512 e. The number of hydrogen-bond donors (Lipinski definition) is 1. The Balaban J connectivity index is 0.000000347. The molecule has 2 aromatic heterocycles. The van der Waals surface area contributed by atoms with Gasteiger partial charge in [-0.05, 0) is 78.3 Å². The molecule has 0 amide bonds. The van der Waals surface area contributed by atoms with Crippen LogP contribution in [0.3, 0.4) is 0 Å². The van der Waals surface area contributed by atoms with Gasteiger partial charge in [0.1, 0.15) is 5.58 Å². The first-order valence-corrected chi connectivity index (χ1v) is 17.8. The molecule has 2 heterocycles. The molecule has 0 bridgehead atoms. The van der Waals surface area contributed by atoms with Gasteiger partial charge in [0.25, 0.3) is 0 Å². The molecule has 0 aliphatic rings. The summed E-state index contributed by atoms with van der Waals surface area (Å²) in [4.78, 5) is 16.4. The van der Waals surface area contributed by atoms with E-state index in [4.69, 9.17) is 9.40 Å². The molecule has 3 aromatic carbocycles. The molecule has 5 heteroatoms. The van der Waals surface area contributed by atoms with Gasteiger partial charge in [0.2, 0.25) is 0 Å². The average Bonchev–Trinajstić information content (AvgIpc) is 3.46. The van der Waals surface area contributed by atoms with Crippen molar-refractivity contribution in [1.29, 1.82) is 0 Å². The molecule has 263 valence electrons. The maximum atomic E-state index is 11.7. The maximum absolute atomic E-state index is 11.7. The fourth-order valence-corrected chi connectivity index (χ4v) is 6.38. The van der Waals surface area contributed by atoms with Gasteiger partial charge in [-0.15, -0.1) is 29.1 Å². The zero-order valence-corrected chi connectivity index (χ0v) is 33.2. The number of allylic oxidation sites excluding steroid dienone is 2. The topological polar surface area (TPSA) is 63.3 Å². The number of nitrogens with zero attached hydrogens (tertiary/aromatic N) is 1. The predicted octanol–water partition coefficient (Wildman–Crippen LogP) is 12.5. The normalized spacial score (nSPS) is 12.0. The Morgan fingerprint density at radius 2 is 1.53 bits per heavy atom. The van der Waals surface area contributed by atoms with Gasteiger partial charge in [0.05, 0.1) is 12.0 Å². The summed E-state index contributed by atoms with van der Waals surface area (Å²) in [5, 5.41) is 13.3. The van der Waals surface area contributed by atoms with Crippen LogP contribution in [0, 0.1) is 23.8 Å². The van der Waals surface area contributed by atoms with E-state index in [-0.39, 0.29) is 48.9 Å². The van der Waals surface area contributed by atoms with Crippen molar-refractivity contribution in [3.8, 4) is 22.4 Å². The fourth-order valence-electron chi connectivity index (χ4n) is 6.38. The minimum atomic E-state index is 0. The minimum absolute atomic E-state index is 0. The van der Waals surface area contributed by atoms with Crippen LogP contribution in [0.2, 0.25) is 0 Å². The summed E-state index contributed by atoms with van der Waals surface area (Å²) in [6.07, 6.45) is 9.73. The number of furan rings is 1. The SMILES string of the molecule is CC(C)Cc1coc2ccc(-c3ccnc(-c4[c-]c5ccccc5c(C(C)(C)C)c4)c3)cc12.CCC(CC)C(=O)/C=C(\O)C(CC)CC.[Ir]. The molecule has 49 heavy (non-hydrogen) atoms. The summed E-state index contributed by atoms with van der Waals surface area (Å²) < 4.78 is 5.80. The molecule has 0 unspecified atom stereocenters. The number of rotatable bonds is 11. The summed E-state index contributed by atoms with van der Waals surface area (Å²) in [5.74, 6) is 1.13. The van der Waals surface area contributed by atoms with E-state index in [1.54, 1.807) is 0 Å². The van der Waals surface area contributed by atoms with Gasteiger partial charge < -0.3 is 9.52 Å². The standard InChI is InChI=1S/C31H30NO.C13H24O2.Ir/c1-20(2)14-25-19-33-30-11-10-21(16-27(25)30)22-12-13-32-29(18-22)24-15-23-8-6-7-9-26(23)28(17-24)31(3,4)5;1-5-10(6-2)12(14)9-13(15)11(7-3)8-4;/h6-13,16-20H,14H2,1-5H3;9-11,14H,5-8H2,1-4H3;/q-1;;/b;12-9-;. The van der Waals surface area contributed by atoms with Gasteiger partial charge in [-0.3, -0.25) is 9.78 Å². The molecule has 1 radical (unpaired) electrons. The van der Waals surface area contributed by atoms with Crippen molar-refractivity contribution in [3.05, 3.63) is 102 Å². The van der Waals surface area contributed by atoms with Gasteiger partial charge in [-0.1, -0.05) is 104 Å². The molecule has 5 rings (SSSR count). The Morgan fingerprint density at radius 3 is 2.16 bits per heavy atom. The van der Waals surface area contributed by atoms with E-state index in [1.807, 2.05) is 40.2 Å². The first-order chi connectivity index (χ1) is 22.9. The Bertz CT molecular complexity index is 1850. The molecule has 0 aliphatic carbocycles. The van der Waals surface area contributed by atoms with Crippen LogP contribution in [-0.4, -0.2) is 15.9 Å². The monoisotopic (exact) mass is 837 g/mol. The predicted molar refractivity (Wildman–Crippen MR) is 202 cm³/mol. The van der Waals surface area contributed by atoms with Crippen LogP contribution in [-0.2, 0) is 36.7 Å². The van der Waals surface area contributed by atoms with Crippen LogP contribution in [0.5, 0.6) is 0 Å². The Hall–Kier alpha value is -3.53. The van der Waals surface area contributed by atoms with Crippen molar-refractivity contribution in [1.82, 2.24) is 4.98 Å². The third-order valence-electron chi connectivity index (χ3n) is 9.32. The largest absolute Gasteiger partial charge is 0.512 e. The number of aromatic nitrogens is 1. The van der Waals surface area contributed by atoms with Crippen LogP contribution in [0.15, 0.2) is 89.4 Å². The first-order valence-electron chi connectivity index (χ1n) is 17.8. The van der Waals surface area contributed by atoms with E-state index in [0.29, 0.717) is 5.92 Å². The molecule has 0 saturated heterocycles. The Labute approximate surface area is 307 Å². The van der Waals surface area contributed by atoms with Gasteiger partial charge in [0.15, 0.2) is 5.78 Å². The number of ketones is 1. The molecule has 5 aromatic rings. The molecular weight excluding hydrogens is 783 g/mol. The summed E-state index contributed by atoms with van der Waals surface area (Å²) >= 11 is 0. The molecular formula is C44H54IrNO3-. The van der Waals surface area contributed by atoms with Crippen molar-refractivity contribution < 1.29 is 34.4 Å². The number of carbonyl (C=O) groups is 1. The Morgan fingerprint density at radius 1 is 0.878 bits per heavy atom. The van der Waals surface area contributed by atoms with Crippen LogP contribution >= 0.6 is 0 Å². The zero-order chi connectivity index (χ0) is 35.0. The van der Waals surface area contributed by atoms with E-state index >= 15 is 0 Å². The zero-order valence-electron chi connectivity index (χ0n) is 30.8. The molecule has 4 nitrogen and oxygen atoms in total. The van der Waals surface area contributed by atoms with Crippen LogP contribution in [0.4, 0.5) is 0 Å². The second-order valence-corrected chi connectivity index (χ2v) is 14.4. The van der Waals surface area contributed by atoms with Crippen LogP contribution in [0.1, 0.15) is 99.1 Å². The van der Waals surface area contributed by atoms with Gasteiger partial charge in [0, 0.05) is 55.3 Å². The third-order valence-corrected chi connectivity index (χ3v) is 9.32. The molecule has 0 fully saturated rings. The fraction of sp³-hybridized carbons (Fsp3) is 0.409. The first kappa shape index (κ1) is 39.9. The van der Waals surface area contributed by atoms with Gasteiger partial charge in [-0.2, -0.15) is 0 Å². The molecule has 1 N–H and O–H groups in total. The van der Waals surface area contributed by atoms with Crippen molar-refractivity contribution in [2.75, 3.05) is 0 Å². The van der Waals surface area contributed by atoms with E-state index in [9.17, 15) is 9.90 Å². The van der Waals surface area contributed by atoms with Crippen LogP contribution in [0.25, 0.3) is 44.1 Å². The summed E-state index contributed by atoms with van der Waals surface area (Å²) in [5.41, 5.74) is 7.86. The number of benzene rings is 3. The van der Waals surface area contributed by atoms with Gasteiger partial charge >= 0.3 is 0 Å². The average molecular weight is 837 g/mol. The summed E-state index contributed by atoms with van der Waals surface area (Å²) in [7, 11) is 0. The molecule has 0 saturated carbocycles. The van der Waals surface area contributed by atoms with Gasteiger partial charge in [-0.25, -0.2) is 0 Å². The number of aliphatic hydroxyl groups excluding tert-OH is 1. The second-order valence-electron chi connectivity index (χ2n) is 14.4. The Kier molecular flexibility index (Phi) is 14.6. The van der Waals surface area contributed by atoms with E-state index in [2.05, 4.69) is 101 Å². The maximum Gasteiger partial charge on any atom is 0.162 e. The smallest absolute Gasteiger partial charge is 0.162 e. The summed E-state index contributed by atoms with van der Waals surface area (Å²) in [6.45, 7) is 19.3. The summed E-state index contributed by atoms with van der Waals surface area (Å²) in [6, 6.07) is 25.1. The van der Waals surface area contributed by atoms with Crippen LogP contribution < -0.4 is 0 Å². The van der Waals surface area contributed by atoms with E-state index in [0.717, 1.165) is 59.9 Å². The number of pyridine rings is 1. The number of fused-ring (bicyclic) bond motifs is 2. The van der Waals surface area contributed by atoms with Crippen molar-refractivity contribution in [2.45, 2.75) is 99.8 Å². The number of carbonyl (C=O) groups excluding carboxylic acids is 1. The van der Waals surface area contributed by atoms with Crippen molar-refractivity contribution in [3.63, 3.8) is 0 Å². The van der Waals surface area contributed by atoms with E-state index < -0.39 is 0 Å². The molecule has 0 spiro atoms. The molecule has 0 atom stereocenters. The quantitative estimate of drug-likeness (QED) is 0.0818. The van der Waals surface area contributed by atoms with Crippen molar-refractivity contribution >= 4 is 27.5 Å². The number of hydrogen-bond acceptors (Lipinski definition) is 4.